The summed E-state index contributed by atoms with van der Waals surface area (Å²) in [7, 11) is -3.39. The average Bonchev–Trinajstić information content (AvgIpc) is 2.33. The van der Waals surface area contributed by atoms with E-state index in [1.807, 2.05) is 0 Å². The minimum absolute atomic E-state index is 0.0837. The number of hydrogen-bond donors (Lipinski definition) is 0. The van der Waals surface area contributed by atoms with Crippen molar-refractivity contribution in [2.75, 3.05) is 6.26 Å². The molecule has 0 spiro atoms. The van der Waals surface area contributed by atoms with Gasteiger partial charge in [0.15, 0.2) is 0 Å². The minimum atomic E-state index is -3.39. The zero-order valence-corrected chi connectivity index (χ0v) is 13.2. The third kappa shape index (κ3) is 7.28. The van der Waals surface area contributed by atoms with Crippen molar-refractivity contribution in [3.63, 3.8) is 0 Å². The second-order valence-electron chi connectivity index (χ2n) is 5.58. The van der Waals surface area contributed by atoms with Crippen LogP contribution in [0.2, 0.25) is 0 Å². The van der Waals surface area contributed by atoms with Gasteiger partial charge in [-0.3, -0.25) is 4.18 Å². The third-order valence-electron chi connectivity index (χ3n) is 3.61. The van der Waals surface area contributed by atoms with Crippen LogP contribution < -0.4 is 0 Å². The minimum Gasteiger partial charge on any atom is -0.372 e. The molecule has 1 rings (SSSR count). The Hall–Kier alpha value is -0.130. The van der Waals surface area contributed by atoms with Gasteiger partial charge in [0.05, 0.1) is 18.5 Å². The van der Waals surface area contributed by atoms with Crippen LogP contribution in [0.5, 0.6) is 0 Å². The van der Waals surface area contributed by atoms with E-state index in [0.717, 1.165) is 31.9 Å². The molecule has 3 atom stereocenters. The fourth-order valence-electron chi connectivity index (χ4n) is 2.62. The Morgan fingerprint density at radius 2 is 2.00 bits per heavy atom. The quantitative estimate of drug-likeness (QED) is 0.509. The van der Waals surface area contributed by atoms with E-state index in [1.54, 1.807) is 6.92 Å². The first kappa shape index (κ1) is 16.9. The fraction of sp³-hybridized carbons (Fsp3) is 1.00. The summed E-state index contributed by atoms with van der Waals surface area (Å²) < 4.78 is 33.3. The molecule has 0 N–H and O–H groups in total. The van der Waals surface area contributed by atoms with Crippen LogP contribution in [0.15, 0.2) is 0 Å². The highest BCUT2D eigenvalue weighted by molar-refractivity contribution is 7.86. The molecule has 0 aromatic heterocycles. The lowest BCUT2D eigenvalue weighted by Crippen LogP contribution is -2.37. The smallest absolute Gasteiger partial charge is 0.264 e. The number of hydrogen-bond acceptors (Lipinski definition) is 4. The maximum absolute atomic E-state index is 11.1. The Morgan fingerprint density at radius 3 is 2.63 bits per heavy atom. The van der Waals surface area contributed by atoms with E-state index in [4.69, 9.17) is 8.92 Å². The van der Waals surface area contributed by atoms with Crippen LogP contribution in [0.25, 0.3) is 0 Å². The summed E-state index contributed by atoms with van der Waals surface area (Å²) in [5.41, 5.74) is 0. The topological polar surface area (TPSA) is 52.6 Å². The molecule has 5 heteroatoms. The Kier molecular flexibility index (Phi) is 7.32. The van der Waals surface area contributed by atoms with Crippen molar-refractivity contribution in [1.82, 2.24) is 0 Å². The van der Waals surface area contributed by atoms with Crippen molar-refractivity contribution in [1.29, 1.82) is 0 Å². The molecule has 1 saturated heterocycles. The van der Waals surface area contributed by atoms with Crippen LogP contribution in [-0.4, -0.2) is 33.0 Å². The second-order valence-corrected chi connectivity index (χ2v) is 7.18. The highest BCUT2D eigenvalue weighted by Crippen LogP contribution is 2.26. The zero-order chi connectivity index (χ0) is 14.3. The highest BCUT2D eigenvalue weighted by Gasteiger charge is 2.28. The first-order chi connectivity index (χ1) is 8.92. The van der Waals surface area contributed by atoms with Gasteiger partial charge in [0.1, 0.15) is 6.10 Å². The van der Waals surface area contributed by atoms with E-state index in [2.05, 4.69) is 6.92 Å². The predicted molar refractivity (Wildman–Crippen MR) is 76.7 cm³/mol. The molecule has 19 heavy (non-hydrogen) atoms. The Balaban J connectivity index is 2.33. The molecule has 0 unspecified atom stereocenters. The van der Waals surface area contributed by atoms with Crippen LogP contribution in [0.3, 0.4) is 0 Å². The monoisotopic (exact) mass is 292 g/mol. The number of ether oxygens (including phenoxy) is 1. The first-order valence-electron chi connectivity index (χ1n) is 7.46. The van der Waals surface area contributed by atoms with Crippen molar-refractivity contribution < 1.29 is 17.3 Å². The molecule has 1 aliphatic heterocycles. The molecule has 0 aliphatic carbocycles. The molecule has 0 aromatic carbocycles. The van der Waals surface area contributed by atoms with Gasteiger partial charge in [-0.2, -0.15) is 8.42 Å². The van der Waals surface area contributed by atoms with Crippen molar-refractivity contribution in [2.45, 2.75) is 83.5 Å². The summed E-state index contributed by atoms with van der Waals surface area (Å²) in [5.74, 6) is 0. The number of rotatable bonds is 8. The van der Waals surface area contributed by atoms with Gasteiger partial charge in [0, 0.05) is 0 Å². The van der Waals surface area contributed by atoms with Gasteiger partial charge in [0.2, 0.25) is 0 Å². The van der Waals surface area contributed by atoms with Crippen molar-refractivity contribution in [3.8, 4) is 0 Å². The van der Waals surface area contributed by atoms with E-state index in [0.29, 0.717) is 0 Å². The van der Waals surface area contributed by atoms with Crippen molar-refractivity contribution >= 4 is 10.1 Å². The Labute approximate surface area is 118 Å². The van der Waals surface area contributed by atoms with Crippen LogP contribution in [0.1, 0.15) is 65.2 Å². The molecule has 0 aromatic rings. The molecule has 1 fully saturated rings. The summed E-state index contributed by atoms with van der Waals surface area (Å²) >= 11 is 0. The maximum atomic E-state index is 11.1. The van der Waals surface area contributed by atoms with E-state index in [1.165, 1.54) is 25.7 Å². The molecule has 1 aliphatic rings. The standard InChI is InChI=1S/C14H28O4S/c1-4-5-6-7-9-13-10-8-11-14(17-13)12(2)18-19(3,15)16/h12-14H,4-11H2,1-3H3/t12-,13+,14+/m1/s1. The van der Waals surface area contributed by atoms with Crippen molar-refractivity contribution in [3.05, 3.63) is 0 Å². The van der Waals surface area contributed by atoms with E-state index in [-0.39, 0.29) is 18.3 Å². The molecular weight excluding hydrogens is 264 g/mol. The SMILES string of the molecule is CCCCCC[C@H]1CCC[C@@H]([C@@H](C)OS(C)(=O)=O)O1. The van der Waals surface area contributed by atoms with Gasteiger partial charge in [-0.25, -0.2) is 0 Å². The van der Waals surface area contributed by atoms with E-state index in [9.17, 15) is 8.42 Å². The van der Waals surface area contributed by atoms with E-state index < -0.39 is 10.1 Å². The fourth-order valence-corrected chi connectivity index (χ4v) is 3.30. The van der Waals surface area contributed by atoms with E-state index >= 15 is 0 Å². The first-order valence-corrected chi connectivity index (χ1v) is 9.27. The zero-order valence-electron chi connectivity index (χ0n) is 12.4. The van der Waals surface area contributed by atoms with Crippen molar-refractivity contribution in [2.24, 2.45) is 0 Å². The molecule has 4 nitrogen and oxygen atoms in total. The summed E-state index contributed by atoms with van der Waals surface area (Å²) in [4.78, 5) is 0. The summed E-state index contributed by atoms with van der Waals surface area (Å²) in [6, 6.07) is 0. The lowest BCUT2D eigenvalue weighted by Gasteiger charge is -2.33. The number of unbranched alkanes of at least 4 members (excludes halogenated alkanes) is 3. The lowest BCUT2D eigenvalue weighted by molar-refractivity contribution is -0.0943. The maximum Gasteiger partial charge on any atom is 0.264 e. The van der Waals surface area contributed by atoms with Crippen LogP contribution in [-0.2, 0) is 19.0 Å². The Morgan fingerprint density at radius 1 is 1.26 bits per heavy atom. The average molecular weight is 292 g/mol. The molecule has 114 valence electrons. The summed E-state index contributed by atoms with van der Waals surface area (Å²) in [6.07, 6.45) is 10.1. The normalized spacial score (nSPS) is 26.3. The molecule has 0 radical (unpaired) electrons. The summed E-state index contributed by atoms with van der Waals surface area (Å²) in [5, 5.41) is 0. The highest BCUT2D eigenvalue weighted by atomic mass is 32.2. The van der Waals surface area contributed by atoms with Crippen LogP contribution in [0.4, 0.5) is 0 Å². The summed E-state index contributed by atoms with van der Waals surface area (Å²) in [6.45, 7) is 3.99. The van der Waals surface area contributed by atoms with Gasteiger partial charge in [-0.05, 0) is 32.6 Å². The van der Waals surface area contributed by atoms with Gasteiger partial charge in [-0.15, -0.1) is 0 Å². The third-order valence-corrected chi connectivity index (χ3v) is 4.26. The second kappa shape index (κ2) is 8.22. The van der Waals surface area contributed by atoms with Gasteiger partial charge >= 0.3 is 0 Å². The molecule has 1 heterocycles. The van der Waals surface area contributed by atoms with Gasteiger partial charge in [-0.1, -0.05) is 32.6 Å². The largest absolute Gasteiger partial charge is 0.372 e. The molecular formula is C14H28O4S. The Bertz CT molecular complexity index is 339. The predicted octanol–water partition coefficient (Wildman–Crippen LogP) is 3.26. The molecule has 0 amide bonds. The molecule has 0 saturated carbocycles. The lowest BCUT2D eigenvalue weighted by atomic mass is 9.97. The van der Waals surface area contributed by atoms with Crippen LogP contribution >= 0.6 is 0 Å². The van der Waals surface area contributed by atoms with Gasteiger partial charge in [0.25, 0.3) is 10.1 Å². The van der Waals surface area contributed by atoms with Crippen LogP contribution in [0, 0.1) is 0 Å². The molecule has 0 bridgehead atoms. The van der Waals surface area contributed by atoms with Gasteiger partial charge < -0.3 is 4.74 Å².